The number of nitrogens with zero attached hydrogens (tertiary/aromatic N) is 2. The number of carboxylic acid groups (broad SMARTS) is 1. The fraction of sp³-hybridized carbons (Fsp3) is 0.250. The Hall–Kier alpha value is -2.08. The van der Waals surface area contributed by atoms with E-state index in [4.69, 9.17) is 21.1 Å². The van der Waals surface area contributed by atoms with E-state index in [2.05, 4.69) is 15.3 Å². The molecule has 6 nitrogen and oxygen atoms in total. The number of hydrogen-bond donors (Lipinski definition) is 2. The van der Waals surface area contributed by atoms with E-state index < -0.39 is 5.97 Å². The third kappa shape index (κ3) is 3.03. The topological polar surface area (TPSA) is 88.2 Å². The van der Waals surface area contributed by atoms with Crippen molar-refractivity contribution in [3.63, 3.8) is 0 Å². The minimum absolute atomic E-state index is 0.0951. The molecule has 2 aromatic rings. The number of aromatic carboxylic acids is 1. The summed E-state index contributed by atoms with van der Waals surface area (Å²) < 4.78 is 5.38. The molecule has 0 fully saturated rings. The maximum absolute atomic E-state index is 10.9. The first-order valence-corrected chi connectivity index (χ1v) is 5.94. The van der Waals surface area contributed by atoms with Crippen molar-refractivity contribution in [2.75, 3.05) is 5.32 Å². The van der Waals surface area contributed by atoms with Crippen LogP contribution in [-0.2, 0) is 0 Å². The van der Waals surface area contributed by atoms with Crippen molar-refractivity contribution in [3.8, 4) is 0 Å². The fourth-order valence-electron chi connectivity index (χ4n) is 1.53. The van der Waals surface area contributed by atoms with Crippen molar-refractivity contribution in [2.45, 2.75) is 19.9 Å². The van der Waals surface area contributed by atoms with E-state index in [9.17, 15) is 4.79 Å². The molecule has 19 heavy (non-hydrogen) atoms. The Labute approximate surface area is 114 Å². The molecule has 0 aliphatic carbocycles. The highest BCUT2D eigenvalue weighted by Gasteiger charge is 2.15. The predicted molar refractivity (Wildman–Crippen MR) is 69.5 cm³/mol. The quantitative estimate of drug-likeness (QED) is 0.896. The smallest absolute Gasteiger partial charge is 0.356 e. The number of rotatable bonds is 4. The van der Waals surface area contributed by atoms with E-state index in [0.29, 0.717) is 17.5 Å². The highest BCUT2D eigenvalue weighted by Crippen LogP contribution is 2.21. The summed E-state index contributed by atoms with van der Waals surface area (Å²) in [4.78, 5) is 18.9. The Morgan fingerprint density at radius 3 is 2.84 bits per heavy atom. The van der Waals surface area contributed by atoms with Gasteiger partial charge < -0.3 is 14.8 Å². The van der Waals surface area contributed by atoms with Crippen LogP contribution >= 0.6 is 11.6 Å². The van der Waals surface area contributed by atoms with Gasteiger partial charge >= 0.3 is 5.97 Å². The summed E-state index contributed by atoms with van der Waals surface area (Å²) in [6, 6.07) is 2.85. The van der Waals surface area contributed by atoms with Crippen LogP contribution in [0.25, 0.3) is 0 Å². The van der Waals surface area contributed by atoms with Crippen LogP contribution < -0.4 is 5.32 Å². The molecule has 0 saturated heterocycles. The average molecular weight is 282 g/mol. The number of carboxylic acids is 1. The number of oxazole rings is 1. The second-order valence-corrected chi connectivity index (χ2v) is 4.41. The van der Waals surface area contributed by atoms with Crippen molar-refractivity contribution in [2.24, 2.45) is 0 Å². The lowest BCUT2D eigenvalue weighted by molar-refractivity contribution is 0.0691. The van der Waals surface area contributed by atoms with Gasteiger partial charge in [-0.15, -0.1) is 0 Å². The molecule has 0 spiro atoms. The molecule has 0 amide bonds. The number of aromatic nitrogens is 2. The van der Waals surface area contributed by atoms with Gasteiger partial charge in [0.15, 0.2) is 5.69 Å². The monoisotopic (exact) mass is 281 g/mol. The van der Waals surface area contributed by atoms with Gasteiger partial charge in [-0.1, -0.05) is 11.6 Å². The average Bonchev–Trinajstić information content (AvgIpc) is 2.78. The van der Waals surface area contributed by atoms with Crippen LogP contribution in [0, 0.1) is 6.92 Å². The van der Waals surface area contributed by atoms with E-state index in [-0.39, 0.29) is 16.8 Å². The van der Waals surface area contributed by atoms with E-state index in [1.54, 1.807) is 19.2 Å². The van der Waals surface area contributed by atoms with Gasteiger partial charge in [-0.2, -0.15) is 0 Å². The maximum atomic E-state index is 10.9. The van der Waals surface area contributed by atoms with Gasteiger partial charge in [0.25, 0.3) is 0 Å². The number of carbonyl (C=O) groups is 1. The molecule has 0 aliphatic heterocycles. The summed E-state index contributed by atoms with van der Waals surface area (Å²) in [5.74, 6) is 0.434. The zero-order valence-corrected chi connectivity index (χ0v) is 11.1. The molecular formula is C12H12ClN3O3. The number of nitrogens with one attached hydrogen (secondary N) is 1. The van der Waals surface area contributed by atoms with Crippen molar-refractivity contribution < 1.29 is 14.3 Å². The van der Waals surface area contributed by atoms with Crippen molar-refractivity contribution >= 4 is 23.4 Å². The Kier molecular flexibility index (Phi) is 3.71. The number of halogens is 1. The molecule has 0 aromatic carbocycles. The van der Waals surface area contributed by atoms with Crippen molar-refractivity contribution in [1.29, 1.82) is 0 Å². The summed E-state index contributed by atoms with van der Waals surface area (Å²) >= 11 is 5.75. The first-order chi connectivity index (χ1) is 8.97. The van der Waals surface area contributed by atoms with E-state index in [1.807, 2.05) is 6.92 Å². The standard InChI is InChI=1S/C12H12ClN3O3/c1-6-5-14-11(19-6)7(2)15-9-4-3-8(13)10(16-9)12(17)18/h3-5,7H,1-2H3,(H,15,16)(H,17,18). The van der Waals surface area contributed by atoms with Crippen LogP contribution in [0.5, 0.6) is 0 Å². The molecule has 0 bridgehead atoms. The lowest BCUT2D eigenvalue weighted by Gasteiger charge is -2.11. The van der Waals surface area contributed by atoms with E-state index in [0.717, 1.165) is 0 Å². The van der Waals surface area contributed by atoms with Crippen molar-refractivity contribution in [3.05, 3.63) is 40.7 Å². The van der Waals surface area contributed by atoms with Crippen LogP contribution in [0.4, 0.5) is 5.82 Å². The molecular weight excluding hydrogens is 270 g/mol. The zero-order valence-electron chi connectivity index (χ0n) is 10.3. The third-order valence-corrected chi connectivity index (χ3v) is 2.73. The van der Waals surface area contributed by atoms with Crippen LogP contribution in [0.2, 0.25) is 5.02 Å². The maximum Gasteiger partial charge on any atom is 0.356 e. The van der Waals surface area contributed by atoms with Crippen LogP contribution in [0.15, 0.2) is 22.7 Å². The minimum Gasteiger partial charge on any atom is -0.476 e. The Morgan fingerprint density at radius 1 is 1.53 bits per heavy atom. The third-order valence-electron chi connectivity index (χ3n) is 2.42. The van der Waals surface area contributed by atoms with Gasteiger partial charge in [-0.3, -0.25) is 0 Å². The Balaban J connectivity index is 2.19. The van der Waals surface area contributed by atoms with Crippen molar-refractivity contribution in [1.82, 2.24) is 9.97 Å². The SMILES string of the molecule is Cc1cnc(C(C)Nc2ccc(Cl)c(C(=O)O)n2)o1. The summed E-state index contributed by atoms with van der Waals surface area (Å²) in [7, 11) is 0. The number of hydrogen-bond acceptors (Lipinski definition) is 5. The Bertz CT molecular complexity index is 612. The van der Waals surface area contributed by atoms with Gasteiger partial charge in [0.1, 0.15) is 17.6 Å². The first kappa shape index (κ1) is 13.4. The van der Waals surface area contributed by atoms with Gasteiger partial charge in [0.05, 0.1) is 11.2 Å². The number of aryl methyl sites for hydroxylation is 1. The molecule has 2 aromatic heterocycles. The van der Waals surface area contributed by atoms with E-state index in [1.165, 1.54) is 6.07 Å². The first-order valence-electron chi connectivity index (χ1n) is 5.56. The predicted octanol–water partition coefficient (Wildman–Crippen LogP) is 2.90. The molecule has 2 N–H and O–H groups in total. The summed E-state index contributed by atoms with van der Waals surface area (Å²) in [6.07, 6.45) is 1.62. The minimum atomic E-state index is -1.17. The second-order valence-electron chi connectivity index (χ2n) is 4.01. The lowest BCUT2D eigenvalue weighted by atomic mass is 10.3. The molecule has 0 radical (unpaired) electrons. The van der Waals surface area contributed by atoms with Crippen LogP contribution in [0.1, 0.15) is 35.1 Å². The van der Waals surface area contributed by atoms with Crippen LogP contribution in [0.3, 0.4) is 0 Å². The summed E-state index contributed by atoms with van der Waals surface area (Å²) in [5.41, 5.74) is -0.192. The number of anilines is 1. The Morgan fingerprint density at radius 2 is 2.26 bits per heavy atom. The lowest BCUT2D eigenvalue weighted by Crippen LogP contribution is -2.10. The van der Waals surface area contributed by atoms with Gasteiger partial charge in [0, 0.05) is 0 Å². The molecule has 2 heterocycles. The number of pyridine rings is 1. The molecule has 1 atom stereocenters. The summed E-state index contributed by atoms with van der Waals surface area (Å²) in [6.45, 7) is 3.63. The molecule has 0 aliphatic rings. The van der Waals surface area contributed by atoms with Gasteiger partial charge in [0.2, 0.25) is 5.89 Å². The molecule has 1 unspecified atom stereocenters. The van der Waals surface area contributed by atoms with Gasteiger partial charge in [-0.05, 0) is 26.0 Å². The zero-order chi connectivity index (χ0) is 14.0. The fourth-order valence-corrected chi connectivity index (χ4v) is 1.71. The molecule has 100 valence electrons. The second kappa shape index (κ2) is 5.27. The largest absolute Gasteiger partial charge is 0.476 e. The molecule has 0 saturated carbocycles. The summed E-state index contributed by atoms with van der Waals surface area (Å²) in [5, 5.41) is 12.0. The highest BCUT2D eigenvalue weighted by molar-refractivity contribution is 6.33. The molecule has 2 rings (SSSR count). The van der Waals surface area contributed by atoms with Gasteiger partial charge in [-0.25, -0.2) is 14.8 Å². The van der Waals surface area contributed by atoms with E-state index >= 15 is 0 Å². The highest BCUT2D eigenvalue weighted by atomic mass is 35.5. The van der Waals surface area contributed by atoms with Crippen LogP contribution in [-0.4, -0.2) is 21.0 Å². The normalized spacial score (nSPS) is 12.2. The molecule has 7 heteroatoms.